The minimum Gasteiger partial charge on any atom is -0.387 e. The van der Waals surface area contributed by atoms with Gasteiger partial charge in [-0.2, -0.15) is 0 Å². The normalized spacial score (nSPS) is 10.7. The van der Waals surface area contributed by atoms with E-state index in [-0.39, 0.29) is 5.84 Å². The molecule has 1 rings (SSSR count). The fourth-order valence-corrected chi connectivity index (χ4v) is 1.21. The van der Waals surface area contributed by atoms with Crippen molar-refractivity contribution in [3.05, 3.63) is 18.2 Å². The summed E-state index contributed by atoms with van der Waals surface area (Å²) in [7, 11) is 0. The van der Waals surface area contributed by atoms with Crippen LogP contribution < -0.4 is 5.73 Å². The van der Waals surface area contributed by atoms with Gasteiger partial charge in [-0.3, -0.25) is 5.41 Å². The van der Waals surface area contributed by atoms with Crippen molar-refractivity contribution < 1.29 is 0 Å². The van der Waals surface area contributed by atoms with E-state index < -0.39 is 0 Å². The Morgan fingerprint density at radius 3 is 2.92 bits per heavy atom. The van der Waals surface area contributed by atoms with E-state index in [0.717, 1.165) is 12.2 Å². The Labute approximate surface area is 78.3 Å². The van der Waals surface area contributed by atoms with Gasteiger partial charge in [-0.25, -0.2) is 4.98 Å². The molecule has 0 radical (unpaired) electrons. The van der Waals surface area contributed by atoms with Gasteiger partial charge in [0.1, 0.15) is 0 Å². The molecule has 0 aromatic carbocycles. The molecule has 0 spiro atoms. The molecule has 0 amide bonds. The highest BCUT2D eigenvalue weighted by Gasteiger charge is 2.01. The van der Waals surface area contributed by atoms with Crippen molar-refractivity contribution in [2.75, 3.05) is 0 Å². The number of nitrogens with one attached hydrogen (secondary N) is 1. The molecule has 4 nitrogen and oxygen atoms in total. The van der Waals surface area contributed by atoms with Gasteiger partial charge in [0, 0.05) is 19.2 Å². The molecule has 1 heterocycles. The molecule has 0 bridgehead atoms. The molecule has 1 aromatic rings. The lowest BCUT2D eigenvalue weighted by atomic mass is 10.2. The summed E-state index contributed by atoms with van der Waals surface area (Å²) >= 11 is 0. The zero-order valence-electron chi connectivity index (χ0n) is 8.12. The highest BCUT2D eigenvalue weighted by molar-refractivity contribution is 5.78. The molecule has 0 unspecified atom stereocenters. The summed E-state index contributed by atoms with van der Waals surface area (Å²) in [5, 5.41) is 7.11. The van der Waals surface area contributed by atoms with Crippen LogP contribution in [0.2, 0.25) is 0 Å². The van der Waals surface area contributed by atoms with Crippen LogP contribution in [0.4, 0.5) is 0 Å². The molecule has 0 aliphatic heterocycles. The summed E-state index contributed by atoms with van der Waals surface area (Å²) in [6, 6.07) is 0. The molecule has 0 atom stereocenters. The van der Waals surface area contributed by atoms with Crippen LogP contribution >= 0.6 is 0 Å². The van der Waals surface area contributed by atoms with Gasteiger partial charge in [0.2, 0.25) is 0 Å². The van der Waals surface area contributed by atoms with Crippen LogP contribution in [-0.2, 0) is 13.0 Å². The van der Waals surface area contributed by atoms with Crippen molar-refractivity contribution in [1.29, 1.82) is 5.41 Å². The molecule has 3 N–H and O–H groups in total. The van der Waals surface area contributed by atoms with E-state index in [1.54, 1.807) is 6.33 Å². The fourth-order valence-electron chi connectivity index (χ4n) is 1.21. The first-order valence-electron chi connectivity index (χ1n) is 4.41. The SMILES string of the molecule is CC(C)Cn1cnc(CC(=N)N)c1. The van der Waals surface area contributed by atoms with Crippen LogP contribution in [0.5, 0.6) is 0 Å². The standard InChI is InChI=1S/C9H16N4/c1-7(2)4-13-5-8(12-6-13)3-9(10)11/h5-7H,3-4H2,1-2H3,(H3,10,11). The molecule has 0 aliphatic carbocycles. The van der Waals surface area contributed by atoms with Crippen LogP contribution in [0.1, 0.15) is 19.5 Å². The Hall–Kier alpha value is -1.32. The molecule has 0 saturated carbocycles. The molecule has 13 heavy (non-hydrogen) atoms. The number of amidine groups is 1. The van der Waals surface area contributed by atoms with Crippen molar-refractivity contribution in [1.82, 2.24) is 9.55 Å². The largest absolute Gasteiger partial charge is 0.387 e. The lowest BCUT2D eigenvalue weighted by Crippen LogP contribution is -2.12. The maximum absolute atomic E-state index is 7.11. The van der Waals surface area contributed by atoms with Crippen molar-refractivity contribution in [2.24, 2.45) is 11.7 Å². The molecular formula is C9H16N4. The lowest BCUT2D eigenvalue weighted by Gasteiger charge is -2.03. The zero-order chi connectivity index (χ0) is 9.84. The van der Waals surface area contributed by atoms with Gasteiger partial charge in [0.25, 0.3) is 0 Å². The van der Waals surface area contributed by atoms with Crippen molar-refractivity contribution in [3.63, 3.8) is 0 Å². The molecule has 0 fully saturated rings. The van der Waals surface area contributed by atoms with Crippen LogP contribution in [0.25, 0.3) is 0 Å². The number of rotatable bonds is 4. The first-order valence-corrected chi connectivity index (χ1v) is 4.41. The summed E-state index contributed by atoms with van der Waals surface area (Å²) in [5.74, 6) is 0.772. The van der Waals surface area contributed by atoms with Gasteiger partial charge < -0.3 is 10.3 Å². The van der Waals surface area contributed by atoms with E-state index in [9.17, 15) is 0 Å². The third-order valence-electron chi connectivity index (χ3n) is 1.63. The monoisotopic (exact) mass is 180 g/mol. The number of hydrogen-bond acceptors (Lipinski definition) is 2. The average molecular weight is 180 g/mol. The summed E-state index contributed by atoms with van der Waals surface area (Å²) in [6.45, 7) is 5.28. The van der Waals surface area contributed by atoms with Gasteiger partial charge in [0.05, 0.1) is 17.9 Å². The topological polar surface area (TPSA) is 67.7 Å². The minimum absolute atomic E-state index is 0.162. The van der Waals surface area contributed by atoms with Gasteiger partial charge in [-0.15, -0.1) is 0 Å². The molecule has 4 heteroatoms. The Bertz CT molecular complexity index is 288. The van der Waals surface area contributed by atoms with E-state index >= 15 is 0 Å². The highest BCUT2D eigenvalue weighted by Crippen LogP contribution is 2.01. The third kappa shape index (κ3) is 3.27. The lowest BCUT2D eigenvalue weighted by molar-refractivity contribution is 0.522. The van der Waals surface area contributed by atoms with E-state index in [1.165, 1.54) is 0 Å². The van der Waals surface area contributed by atoms with Crippen LogP contribution in [-0.4, -0.2) is 15.4 Å². The number of aromatic nitrogens is 2. The summed E-state index contributed by atoms with van der Waals surface area (Å²) in [5.41, 5.74) is 6.14. The molecular weight excluding hydrogens is 164 g/mol. The third-order valence-corrected chi connectivity index (χ3v) is 1.63. The second-order valence-corrected chi connectivity index (χ2v) is 3.66. The van der Waals surface area contributed by atoms with E-state index in [0.29, 0.717) is 12.3 Å². The van der Waals surface area contributed by atoms with Gasteiger partial charge >= 0.3 is 0 Å². The average Bonchev–Trinajstić information content (AvgIpc) is 2.33. The first-order chi connectivity index (χ1) is 6.08. The van der Waals surface area contributed by atoms with Gasteiger partial charge in [-0.05, 0) is 5.92 Å². The zero-order valence-corrected chi connectivity index (χ0v) is 8.12. The van der Waals surface area contributed by atoms with E-state index in [4.69, 9.17) is 11.1 Å². The maximum Gasteiger partial charge on any atom is 0.0966 e. The van der Waals surface area contributed by atoms with Crippen LogP contribution in [0.15, 0.2) is 12.5 Å². The molecule has 0 aliphatic rings. The van der Waals surface area contributed by atoms with Crippen molar-refractivity contribution in [2.45, 2.75) is 26.8 Å². The predicted octanol–water partition coefficient (Wildman–Crippen LogP) is 1.02. The minimum atomic E-state index is 0.162. The quantitative estimate of drug-likeness (QED) is 0.536. The molecule has 1 aromatic heterocycles. The van der Waals surface area contributed by atoms with E-state index in [1.807, 2.05) is 10.8 Å². The second kappa shape index (κ2) is 4.07. The maximum atomic E-state index is 7.11. The number of imidazole rings is 1. The summed E-state index contributed by atoms with van der Waals surface area (Å²) < 4.78 is 2.03. The summed E-state index contributed by atoms with van der Waals surface area (Å²) in [6.07, 6.45) is 4.19. The Balaban J connectivity index is 2.58. The molecule has 0 saturated heterocycles. The fraction of sp³-hybridized carbons (Fsp3) is 0.556. The van der Waals surface area contributed by atoms with E-state index in [2.05, 4.69) is 18.8 Å². The highest BCUT2D eigenvalue weighted by atomic mass is 15.0. The van der Waals surface area contributed by atoms with Crippen LogP contribution in [0.3, 0.4) is 0 Å². The first kappa shape index (κ1) is 9.77. The Kier molecular flexibility index (Phi) is 3.06. The van der Waals surface area contributed by atoms with Crippen LogP contribution in [0, 0.1) is 11.3 Å². The predicted molar refractivity (Wildman–Crippen MR) is 52.7 cm³/mol. The molecule has 72 valence electrons. The van der Waals surface area contributed by atoms with Crippen molar-refractivity contribution >= 4 is 5.84 Å². The second-order valence-electron chi connectivity index (χ2n) is 3.66. The van der Waals surface area contributed by atoms with Crippen molar-refractivity contribution in [3.8, 4) is 0 Å². The van der Waals surface area contributed by atoms with Gasteiger partial charge in [0.15, 0.2) is 0 Å². The summed E-state index contributed by atoms with van der Waals surface area (Å²) in [4.78, 5) is 4.15. The number of hydrogen-bond donors (Lipinski definition) is 2. The number of nitrogens with zero attached hydrogens (tertiary/aromatic N) is 2. The number of nitrogens with two attached hydrogens (primary N) is 1. The smallest absolute Gasteiger partial charge is 0.0966 e. The Morgan fingerprint density at radius 2 is 2.38 bits per heavy atom. The Morgan fingerprint density at radius 1 is 1.69 bits per heavy atom. The van der Waals surface area contributed by atoms with Gasteiger partial charge in [-0.1, -0.05) is 13.8 Å².